The molecular weight excluding hydrogens is 392 g/mol. The van der Waals surface area contributed by atoms with Gasteiger partial charge in [-0.05, 0) is 52.6 Å². The van der Waals surface area contributed by atoms with Crippen LogP contribution in [0.15, 0.2) is 103 Å². The minimum absolute atomic E-state index is 0.0388. The first-order chi connectivity index (χ1) is 15.0. The molecule has 0 saturated carbocycles. The van der Waals surface area contributed by atoms with E-state index in [9.17, 15) is 14.7 Å². The Morgan fingerprint density at radius 2 is 1.06 bits per heavy atom. The van der Waals surface area contributed by atoms with Crippen LogP contribution in [-0.4, -0.2) is 27.3 Å². The van der Waals surface area contributed by atoms with Crippen molar-refractivity contribution in [3.8, 4) is 28.0 Å². The van der Waals surface area contributed by atoms with E-state index < -0.39 is 11.9 Å². The van der Waals surface area contributed by atoms with Crippen molar-refractivity contribution in [3.63, 3.8) is 0 Å². The molecular formula is C26H20O5. The van der Waals surface area contributed by atoms with Gasteiger partial charge in [-0.15, -0.1) is 0 Å². The Labute approximate surface area is 179 Å². The molecule has 0 saturated heterocycles. The lowest BCUT2D eigenvalue weighted by Gasteiger charge is -2.07. The number of rotatable bonds is 4. The van der Waals surface area contributed by atoms with Gasteiger partial charge >= 0.3 is 11.9 Å². The predicted molar refractivity (Wildman–Crippen MR) is 119 cm³/mol. The number of hydrogen-bond acceptors (Lipinski definition) is 3. The quantitative estimate of drug-likeness (QED) is 0.393. The number of carboxylic acid groups (broad SMARTS) is 2. The largest absolute Gasteiger partial charge is 0.508 e. The van der Waals surface area contributed by atoms with Gasteiger partial charge in [-0.2, -0.15) is 0 Å². The van der Waals surface area contributed by atoms with Gasteiger partial charge in [0.1, 0.15) is 5.75 Å². The summed E-state index contributed by atoms with van der Waals surface area (Å²) in [5.41, 5.74) is 3.63. The fourth-order valence-corrected chi connectivity index (χ4v) is 3.01. The average molecular weight is 412 g/mol. The van der Waals surface area contributed by atoms with E-state index in [1.807, 2.05) is 12.1 Å². The summed E-state index contributed by atoms with van der Waals surface area (Å²) < 4.78 is 0. The highest BCUT2D eigenvalue weighted by Gasteiger charge is 2.13. The van der Waals surface area contributed by atoms with Crippen molar-refractivity contribution in [1.82, 2.24) is 0 Å². The Hall–Kier alpha value is -4.38. The molecule has 0 amide bonds. The molecule has 0 aliphatic carbocycles. The summed E-state index contributed by atoms with van der Waals surface area (Å²) in [5.74, 6) is -2.34. The molecule has 31 heavy (non-hydrogen) atoms. The molecule has 0 unspecified atom stereocenters. The topological polar surface area (TPSA) is 94.8 Å². The molecule has 0 aliphatic heterocycles. The van der Waals surface area contributed by atoms with Crippen molar-refractivity contribution < 1.29 is 24.9 Å². The summed E-state index contributed by atoms with van der Waals surface area (Å²) in [6.07, 6.45) is 0. The third-order valence-corrected chi connectivity index (χ3v) is 4.56. The molecule has 0 bridgehead atoms. The highest BCUT2D eigenvalue weighted by atomic mass is 16.4. The van der Waals surface area contributed by atoms with Crippen LogP contribution in [0, 0.1) is 0 Å². The highest BCUT2D eigenvalue weighted by Crippen LogP contribution is 2.27. The summed E-state index contributed by atoms with van der Waals surface area (Å²) in [6.45, 7) is 0. The van der Waals surface area contributed by atoms with Crippen LogP contribution in [0.3, 0.4) is 0 Å². The Morgan fingerprint density at radius 1 is 0.548 bits per heavy atom. The predicted octanol–water partition coefficient (Wildman–Crippen LogP) is 5.81. The summed E-state index contributed by atoms with van der Waals surface area (Å²) in [4.78, 5) is 21.9. The molecule has 0 atom stereocenters. The third-order valence-electron chi connectivity index (χ3n) is 4.56. The van der Waals surface area contributed by atoms with Crippen LogP contribution in [0.5, 0.6) is 5.75 Å². The summed E-state index contributed by atoms with van der Waals surface area (Å²) >= 11 is 0. The number of hydrogen-bond donors (Lipinski definition) is 3. The molecule has 5 nitrogen and oxygen atoms in total. The maximum absolute atomic E-state index is 11.1. The zero-order valence-corrected chi connectivity index (χ0v) is 16.5. The second-order valence-electron chi connectivity index (χ2n) is 6.65. The number of phenolic OH excluding ortho intramolecular Hbond substituents is 1. The van der Waals surface area contributed by atoms with Crippen molar-refractivity contribution in [3.05, 3.63) is 114 Å². The smallest absolute Gasteiger partial charge is 0.336 e. The Kier molecular flexibility index (Phi) is 6.81. The molecule has 0 spiro atoms. The molecule has 4 rings (SSSR count). The van der Waals surface area contributed by atoms with Crippen molar-refractivity contribution in [2.45, 2.75) is 0 Å². The summed E-state index contributed by atoms with van der Waals surface area (Å²) in [6, 6.07) is 30.7. The van der Waals surface area contributed by atoms with Crippen LogP contribution in [0.1, 0.15) is 20.7 Å². The standard InChI is InChI=1S/C14H10O5.C12H10/c15-10-5-6-11(12(7-10)14(18)19)8-1-3-9(4-2-8)13(16)17;1-3-7-11(8-4-1)12-9-5-2-6-10-12/h1-7,15H,(H,16,17)(H,18,19);1-10H. The maximum Gasteiger partial charge on any atom is 0.336 e. The number of carbonyl (C=O) groups is 2. The van der Waals surface area contributed by atoms with Gasteiger partial charge in [-0.1, -0.05) is 72.8 Å². The summed E-state index contributed by atoms with van der Waals surface area (Å²) in [7, 11) is 0. The van der Waals surface area contributed by atoms with Gasteiger partial charge in [-0.25, -0.2) is 9.59 Å². The van der Waals surface area contributed by atoms with E-state index in [2.05, 4.69) is 48.5 Å². The van der Waals surface area contributed by atoms with E-state index in [0.29, 0.717) is 11.1 Å². The number of benzene rings is 4. The van der Waals surface area contributed by atoms with Crippen LogP contribution < -0.4 is 0 Å². The minimum Gasteiger partial charge on any atom is -0.508 e. The van der Waals surface area contributed by atoms with Crippen LogP contribution in [0.25, 0.3) is 22.3 Å². The van der Waals surface area contributed by atoms with E-state index in [-0.39, 0.29) is 16.9 Å². The first-order valence-corrected chi connectivity index (χ1v) is 9.46. The molecule has 4 aromatic rings. The van der Waals surface area contributed by atoms with Crippen molar-refractivity contribution in [2.75, 3.05) is 0 Å². The van der Waals surface area contributed by atoms with Crippen molar-refractivity contribution >= 4 is 11.9 Å². The first kappa shape index (κ1) is 21.3. The van der Waals surface area contributed by atoms with Gasteiger partial charge in [0.15, 0.2) is 0 Å². The number of carboxylic acids is 2. The third kappa shape index (κ3) is 5.58. The van der Waals surface area contributed by atoms with Crippen LogP contribution in [-0.2, 0) is 0 Å². The van der Waals surface area contributed by atoms with Crippen LogP contribution in [0.4, 0.5) is 0 Å². The minimum atomic E-state index is -1.16. The second kappa shape index (κ2) is 9.89. The lowest BCUT2D eigenvalue weighted by atomic mass is 9.98. The molecule has 0 heterocycles. The SMILES string of the molecule is O=C(O)c1ccc(-c2ccc(O)cc2C(=O)O)cc1.c1ccc(-c2ccccc2)cc1. The molecule has 3 N–H and O–H groups in total. The maximum atomic E-state index is 11.1. The number of aromatic hydroxyl groups is 1. The lowest BCUT2D eigenvalue weighted by Crippen LogP contribution is -2.00. The van der Waals surface area contributed by atoms with Gasteiger partial charge in [0.05, 0.1) is 11.1 Å². The van der Waals surface area contributed by atoms with Gasteiger partial charge in [0, 0.05) is 0 Å². The van der Waals surface area contributed by atoms with E-state index >= 15 is 0 Å². The first-order valence-electron chi connectivity index (χ1n) is 9.46. The van der Waals surface area contributed by atoms with Crippen molar-refractivity contribution in [1.29, 1.82) is 0 Å². The number of phenols is 1. The van der Waals surface area contributed by atoms with E-state index in [0.717, 1.165) is 6.07 Å². The monoisotopic (exact) mass is 412 g/mol. The molecule has 0 aliphatic rings. The van der Waals surface area contributed by atoms with Crippen molar-refractivity contribution in [2.24, 2.45) is 0 Å². The fraction of sp³-hybridized carbons (Fsp3) is 0. The van der Waals surface area contributed by atoms with E-state index in [1.54, 1.807) is 0 Å². The molecule has 0 fully saturated rings. The normalized spacial score (nSPS) is 9.94. The highest BCUT2D eigenvalue weighted by molar-refractivity contribution is 5.97. The second-order valence-corrected chi connectivity index (χ2v) is 6.65. The molecule has 0 aromatic heterocycles. The van der Waals surface area contributed by atoms with E-state index in [1.165, 1.54) is 47.5 Å². The molecule has 5 heteroatoms. The average Bonchev–Trinajstić information content (AvgIpc) is 2.81. The zero-order valence-electron chi connectivity index (χ0n) is 16.5. The lowest BCUT2D eigenvalue weighted by molar-refractivity contribution is 0.0686. The van der Waals surface area contributed by atoms with Gasteiger partial charge in [-0.3, -0.25) is 0 Å². The summed E-state index contributed by atoms with van der Waals surface area (Å²) in [5, 5.41) is 27.2. The van der Waals surface area contributed by atoms with E-state index in [4.69, 9.17) is 10.2 Å². The zero-order chi connectivity index (χ0) is 22.2. The Bertz CT molecular complexity index is 1130. The Morgan fingerprint density at radius 3 is 1.52 bits per heavy atom. The number of aromatic carboxylic acids is 2. The fourth-order valence-electron chi connectivity index (χ4n) is 3.01. The van der Waals surface area contributed by atoms with Gasteiger partial charge in [0.25, 0.3) is 0 Å². The van der Waals surface area contributed by atoms with Crippen LogP contribution >= 0.6 is 0 Å². The Balaban J connectivity index is 0.000000194. The molecule has 0 radical (unpaired) electrons. The molecule has 4 aromatic carbocycles. The van der Waals surface area contributed by atoms with Gasteiger partial charge < -0.3 is 15.3 Å². The van der Waals surface area contributed by atoms with Crippen LogP contribution in [0.2, 0.25) is 0 Å². The van der Waals surface area contributed by atoms with Gasteiger partial charge in [0.2, 0.25) is 0 Å². The molecule has 154 valence electrons.